The van der Waals surface area contributed by atoms with Crippen LogP contribution in [0.2, 0.25) is 5.02 Å². The lowest BCUT2D eigenvalue weighted by atomic mass is 10.1. The molecule has 5 aromatic rings. The molecule has 0 bridgehead atoms. The van der Waals surface area contributed by atoms with E-state index in [1.54, 1.807) is 11.3 Å². The molecule has 0 radical (unpaired) electrons. The quantitative estimate of drug-likeness (QED) is 0.298. The highest BCUT2D eigenvalue weighted by molar-refractivity contribution is 7.23. The van der Waals surface area contributed by atoms with Crippen LogP contribution in [0.25, 0.3) is 26.4 Å². The van der Waals surface area contributed by atoms with Crippen molar-refractivity contribution < 1.29 is 4.79 Å². The molecule has 1 fully saturated rings. The number of imidazole rings is 1. The molecule has 0 atom stereocenters. The molecular weight excluding hydrogens is 476 g/mol. The number of hydrogen-bond acceptors (Lipinski definition) is 4. The van der Waals surface area contributed by atoms with Crippen LogP contribution in [0.5, 0.6) is 0 Å². The van der Waals surface area contributed by atoms with Crippen LogP contribution < -0.4 is 0 Å². The van der Waals surface area contributed by atoms with Gasteiger partial charge in [-0.05, 0) is 37.3 Å². The number of carbonyl (C=O) groups is 1. The first-order valence-electron chi connectivity index (χ1n) is 11.8. The van der Waals surface area contributed by atoms with E-state index in [4.69, 9.17) is 16.6 Å². The molecule has 1 amide bonds. The molecule has 35 heavy (non-hydrogen) atoms. The number of thiazole rings is 1. The Balaban J connectivity index is 1.32. The Morgan fingerprint density at radius 2 is 1.71 bits per heavy atom. The van der Waals surface area contributed by atoms with Crippen molar-refractivity contribution in [3.05, 3.63) is 94.6 Å². The Bertz CT molecular complexity index is 1520. The van der Waals surface area contributed by atoms with Crippen LogP contribution in [-0.2, 0) is 6.54 Å². The topological polar surface area (TPSA) is 40.9 Å². The number of hydrogen-bond donors (Lipinski definition) is 0. The van der Waals surface area contributed by atoms with Gasteiger partial charge in [-0.25, -0.2) is 4.98 Å². The fourth-order valence-electron chi connectivity index (χ4n) is 4.77. The van der Waals surface area contributed by atoms with E-state index in [2.05, 4.69) is 46.6 Å². The Kier molecular flexibility index (Phi) is 5.80. The minimum Gasteiger partial charge on any atom is -0.336 e. The molecule has 3 heterocycles. The van der Waals surface area contributed by atoms with E-state index in [0.29, 0.717) is 0 Å². The van der Waals surface area contributed by atoms with Crippen LogP contribution in [0.3, 0.4) is 0 Å². The molecule has 0 aliphatic carbocycles. The average molecular weight is 501 g/mol. The fraction of sp³-hybridized carbons (Fsp3) is 0.214. The number of fused-ring (bicyclic) bond motifs is 3. The van der Waals surface area contributed by atoms with Gasteiger partial charge in [0.1, 0.15) is 0 Å². The van der Waals surface area contributed by atoms with Crippen molar-refractivity contribution >= 4 is 44.0 Å². The Morgan fingerprint density at radius 3 is 2.46 bits per heavy atom. The standard InChI is InChI=1S/C28H25ClN4OS/c1-19-7-9-20(10-8-19)26-24(33-23-12-11-22(29)17-25(23)35-28(33)30-26)18-31-13-15-32(16-14-31)27(34)21-5-3-2-4-6-21/h2-12,17H,13-16,18H2,1H3. The minimum absolute atomic E-state index is 0.109. The molecule has 2 aromatic heterocycles. The molecule has 0 spiro atoms. The summed E-state index contributed by atoms with van der Waals surface area (Å²) >= 11 is 7.94. The Hall–Kier alpha value is -3.19. The molecule has 3 aromatic carbocycles. The van der Waals surface area contributed by atoms with Gasteiger partial charge in [-0.3, -0.25) is 14.1 Å². The largest absolute Gasteiger partial charge is 0.336 e. The maximum atomic E-state index is 12.9. The van der Waals surface area contributed by atoms with Crippen molar-refractivity contribution in [3.8, 4) is 11.3 Å². The van der Waals surface area contributed by atoms with E-state index in [1.165, 1.54) is 11.3 Å². The molecule has 7 heteroatoms. The van der Waals surface area contributed by atoms with E-state index in [0.717, 1.165) is 69.7 Å². The monoisotopic (exact) mass is 500 g/mol. The van der Waals surface area contributed by atoms with Gasteiger partial charge in [0.2, 0.25) is 0 Å². The zero-order chi connectivity index (χ0) is 23.9. The Morgan fingerprint density at radius 1 is 0.971 bits per heavy atom. The molecule has 1 aliphatic heterocycles. The normalized spacial score (nSPS) is 14.7. The van der Waals surface area contributed by atoms with Crippen molar-refractivity contribution in [2.24, 2.45) is 0 Å². The van der Waals surface area contributed by atoms with Crippen LogP contribution in [0.15, 0.2) is 72.8 Å². The van der Waals surface area contributed by atoms with Gasteiger partial charge in [0.25, 0.3) is 5.91 Å². The summed E-state index contributed by atoms with van der Waals surface area (Å²) in [5.41, 5.74) is 6.45. The summed E-state index contributed by atoms with van der Waals surface area (Å²) in [7, 11) is 0. The number of rotatable bonds is 4. The van der Waals surface area contributed by atoms with Crippen LogP contribution >= 0.6 is 22.9 Å². The second-order valence-corrected chi connectivity index (χ2v) is 10.5. The van der Waals surface area contributed by atoms with Crippen molar-refractivity contribution in [1.29, 1.82) is 0 Å². The van der Waals surface area contributed by atoms with E-state index in [1.807, 2.05) is 47.4 Å². The lowest BCUT2D eigenvalue weighted by Crippen LogP contribution is -2.48. The summed E-state index contributed by atoms with van der Waals surface area (Å²) in [6.45, 7) is 5.96. The fourth-order valence-corrected chi connectivity index (χ4v) is 6.09. The number of aryl methyl sites for hydroxylation is 1. The van der Waals surface area contributed by atoms with Gasteiger partial charge in [-0.1, -0.05) is 71.0 Å². The third-order valence-corrected chi connectivity index (χ3v) is 7.92. The molecular formula is C28H25ClN4OS. The number of aromatic nitrogens is 2. The lowest BCUT2D eigenvalue weighted by Gasteiger charge is -2.34. The van der Waals surface area contributed by atoms with Gasteiger partial charge < -0.3 is 4.90 Å². The third kappa shape index (κ3) is 4.22. The van der Waals surface area contributed by atoms with Gasteiger partial charge in [-0.15, -0.1) is 0 Å². The molecule has 1 aliphatic rings. The second kappa shape index (κ2) is 9.11. The lowest BCUT2D eigenvalue weighted by molar-refractivity contribution is 0.0627. The van der Waals surface area contributed by atoms with Crippen LogP contribution in [0.4, 0.5) is 0 Å². The zero-order valence-electron chi connectivity index (χ0n) is 19.4. The molecule has 0 N–H and O–H groups in total. The van der Waals surface area contributed by atoms with Crippen molar-refractivity contribution in [2.75, 3.05) is 26.2 Å². The van der Waals surface area contributed by atoms with Gasteiger partial charge in [0.05, 0.1) is 21.6 Å². The summed E-state index contributed by atoms with van der Waals surface area (Å²) in [4.78, 5) is 23.3. The first kappa shape index (κ1) is 22.3. The summed E-state index contributed by atoms with van der Waals surface area (Å²) in [5.74, 6) is 0.109. The van der Waals surface area contributed by atoms with E-state index in [9.17, 15) is 4.79 Å². The number of piperazine rings is 1. The van der Waals surface area contributed by atoms with Gasteiger partial charge in [0.15, 0.2) is 4.96 Å². The van der Waals surface area contributed by atoms with Crippen molar-refractivity contribution in [3.63, 3.8) is 0 Å². The van der Waals surface area contributed by atoms with Crippen LogP contribution in [-0.4, -0.2) is 51.3 Å². The Labute approximate surface area is 213 Å². The predicted molar refractivity (Wildman–Crippen MR) is 143 cm³/mol. The first-order valence-corrected chi connectivity index (χ1v) is 13.0. The van der Waals surface area contributed by atoms with Gasteiger partial charge in [0, 0.05) is 48.9 Å². The maximum Gasteiger partial charge on any atom is 0.253 e. The number of carbonyl (C=O) groups excluding carboxylic acids is 1. The molecule has 6 rings (SSSR count). The summed E-state index contributed by atoms with van der Waals surface area (Å²) in [5, 5.41) is 0.738. The number of benzene rings is 3. The SMILES string of the molecule is Cc1ccc(-c2nc3sc4cc(Cl)ccc4n3c2CN2CCN(C(=O)c3ccccc3)CC2)cc1. The van der Waals surface area contributed by atoms with E-state index in [-0.39, 0.29) is 5.91 Å². The molecule has 176 valence electrons. The maximum absolute atomic E-state index is 12.9. The number of halogens is 1. The highest BCUT2D eigenvalue weighted by Crippen LogP contribution is 2.35. The highest BCUT2D eigenvalue weighted by atomic mass is 35.5. The van der Waals surface area contributed by atoms with Crippen LogP contribution in [0, 0.1) is 6.92 Å². The predicted octanol–water partition coefficient (Wildman–Crippen LogP) is 6.14. The second-order valence-electron chi connectivity index (χ2n) is 9.04. The smallest absolute Gasteiger partial charge is 0.253 e. The molecule has 0 saturated carbocycles. The van der Waals surface area contributed by atoms with E-state index >= 15 is 0 Å². The summed E-state index contributed by atoms with van der Waals surface area (Å²) < 4.78 is 3.42. The van der Waals surface area contributed by atoms with Gasteiger partial charge in [-0.2, -0.15) is 0 Å². The minimum atomic E-state index is 0.109. The third-order valence-electron chi connectivity index (χ3n) is 6.68. The highest BCUT2D eigenvalue weighted by Gasteiger charge is 2.25. The first-order chi connectivity index (χ1) is 17.1. The summed E-state index contributed by atoms with van der Waals surface area (Å²) in [6.07, 6.45) is 0. The van der Waals surface area contributed by atoms with Gasteiger partial charge >= 0.3 is 0 Å². The van der Waals surface area contributed by atoms with Crippen molar-refractivity contribution in [2.45, 2.75) is 13.5 Å². The number of amides is 1. The zero-order valence-corrected chi connectivity index (χ0v) is 21.0. The molecule has 0 unspecified atom stereocenters. The summed E-state index contributed by atoms with van der Waals surface area (Å²) in [6, 6.07) is 24.2. The molecule has 1 saturated heterocycles. The number of nitrogens with zero attached hydrogens (tertiary/aromatic N) is 4. The van der Waals surface area contributed by atoms with E-state index < -0.39 is 0 Å². The molecule has 5 nitrogen and oxygen atoms in total. The van der Waals surface area contributed by atoms with Crippen molar-refractivity contribution in [1.82, 2.24) is 19.2 Å². The van der Waals surface area contributed by atoms with Crippen LogP contribution in [0.1, 0.15) is 21.6 Å². The average Bonchev–Trinajstić information content (AvgIpc) is 3.41.